The molecule has 0 N–H and O–H groups in total. The molecule has 0 radical (unpaired) electrons. The van der Waals surface area contributed by atoms with Gasteiger partial charge in [-0.3, -0.25) is 4.79 Å². The normalized spacial score (nSPS) is 38.4. The van der Waals surface area contributed by atoms with Gasteiger partial charge in [-0.15, -0.1) is 0 Å². The summed E-state index contributed by atoms with van der Waals surface area (Å²) in [7, 11) is 0. The molecule has 1 heteroatoms. The van der Waals surface area contributed by atoms with Crippen LogP contribution in [-0.2, 0) is 4.79 Å². The highest BCUT2D eigenvalue weighted by Gasteiger charge is 2.51. The van der Waals surface area contributed by atoms with Crippen LogP contribution in [0, 0.1) is 23.2 Å². The van der Waals surface area contributed by atoms with Crippen LogP contribution in [0.4, 0.5) is 0 Å². The van der Waals surface area contributed by atoms with Crippen LogP contribution in [0.1, 0.15) is 53.4 Å². The van der Waals surface area contributed by atoms with Gasteiger partial charge in [0.25, 0.3) is 0 Å². The molecule has 0 saturated heterocycles. The van der Waals surface area contributed by atoms with Gasteiger partial charge in [-0.25, -0.2) is 0 Å². The predicted octanol–water partition coefficient (Wildman–Crippen LogP) is 3.98. The van der Waals surface area contributed by atoms with Gasteiger partial charge in [0.2, 0.25) is 0 Å². The molecule has 1 fully saturated rings. The van der Waals surface area contributed by atoms with E-state index in [0.717, 1.165) is 12.3 Å². The first-order valence-corrected chi connectivity index (χ1v) is 6.70. The van der Waals surface area contributed by atoms with Gasteiger partial charge in [0.1, 0.15) is 5.78 Å². The average molecular weight is 220 g/mol. The quantitative estimate of drug-likeness (QED) is 0.643. The average Bonchev–Trinajstić information content (AvgIpc) is 2.55. The third kappa shape index (κ3) is 1.65. The molecular weight excluding hydrogens is 196 g/mol. The first-order valence-electron chi connectivity index (χ1n) is 6.70. The summed E-state index contributed by atoms with van der Waals surface area (Å²) in [6.07, 6.45) is 7.07. The van der Waals surface area contributed by atoms with E-state index in [0.29, 0.717) is 11.7 Å². The second kappa shape index (κ2) is 4.01. The van der Waals surface area contributed by atoms with Crippen LogP contribution in [0.5, 0.6) is 0 Å². The van der Waals surface area contributed by atoms with Crippen LogP contribution in [0.3, 0.4) is 0 Å². The highest BCUT2D eigenvalue weighted by atomic mass is 16.1. The van der Waals surface area contributed by atoms with Gasteiger partial charge in [-0.1, -0.05) is 32.4 Å². The van der Waals surface area contributed by atoms with Gasteiger partial charge in [0.05, 0.1) is 5.41 Å². The van der Waals surface area contributed by atoms with E-state index < -0.39 is 0 Å². The highest BCUT2D eigenvalue weighted by Crippen LogP contribution is 2.54. The Balaban J connectivity index is 2.40. The lowest BCUT2D eigenvalue weighted by atomic mass is 9.64. The molecule has 0 aromatic heterocycles. The van der Waals surface area contributed by atoms with Crippen molar-refractivity contribution >= 4 is 5.78 Å². The van der Waals surface area contributed by atoms with Gasteiger partial charge >= 0.3 is 0 Å². The number of allylic oxidation sites excluding steroid dienone is 2. The number of rotatable bonds is 2. The van der Waals surface area contributed by atoms with E-state index in [1.165, 1.54) is 24.8 Å². The maximum atomic E-state index is 12.5. The molecule has 90 valence electrons. The fraction of sp³-hybridized carbons (Fsp3) is 0.800. The van der Waals surface area contributed by atoms with Crippen molar-refractivity contribution in [3.8, 4) is 0 Å². The Morgan fingerprint density at radius 1 is 1.44 bits per heavy atom. The van der Waals surface area contributed by atoms with Crippen molar-refractivity contribution in [3.05, 3.63) is 11.6 Å². The molecule has 0 aliphatic heterocycles. The third-order valence-electron chi connectivity index (χ3n) is 4.70. The fourth-order valence-corrected chi connectivity index (χ4v) is 3.89. The summed E-state index contributed by atoms with van der Waals surface area (Å²) in [5.74, 6) is 2.01. The minimum absolute atomic E-state index is 0.0874. The number of carbonyl (C=O) groups excluding carboxylic acids is 1. The van der Waals surface area contributed by atoms with Crippen molar-refractivity contribution in [1.82, 2.24) is 0 Å². The Bertz CT molecular complexity index is 326. The molecule has 0 spiro atoms. The van der Waals surface area contributed by atoms with Crippen LogP contribution in [-0.4, -0.2) is 5.78 Å². The molecule has 0 aromatic carbocycles. The number of fused-ring (bicyclic) bond motifs is 1. The SMILES string of the molecule is CC1=C[C@@]2(C(=O)C(C)C)CC[C@H](C)C2CC1. The van der Waals surface area contributed by atoms with Gasteiger partial charge in [0, 0.05) is 5.92 Å². The Morgan fingerprint density at radius 2 is 2.12 bits per heavy atom. The standard InChI is InChI=1S/C15H24O/c1-10(2)14(16)15-8-7-12(4)13(15)6-5-11(3)9-15/h9-10,12-13H,5-8H2,1-4H3/t12-,13?,15-/m0/s1. The van der Waals surface area contributed by atoms with Crippen molar-refractivity contribution in [3.63, 3.8) is 0 Å². The zero-order chi connectivity index (χ0) is 11.9. The summed E-state index contributed by atoms with van der Waals surface area (Å²) >= 11 is 0. The lowest BCUT2D eigenvalue weighted by Gasteiger charge is -2.38. The molecule has 2 aliphatic carbocycles. The van der Waals surface area contributed by atoms with E-state index in [9.17, 15) is 4.79 Å². The minimum Gasteiger partial charge on any atom is -0.298 e. The molecule has 2 rings (SSSR count). The van der Waals surface area contributed by atoms with E-state index in [1.54, 1.807) is 0 Å². The molecule has 3 atom stereocenters. The lowest BCUT2D eigenvalue weighted by molar-refractivity contribution is -0.131. The predicted molar refractivity (Wildman–Crippen MR) is 67.2 cm³/mol. The molecule has 0 aromatic rings. The van der Waals surface area contributed by atoms with Gasteiger partial charge in [0.15, 0.2) is 0 Å². The van der Waals surface area contributed by atoms with Gasteiger partial charge < -0.3 is 0 Å². The smallest absolute Gasteiger partial charge is 0.145 e. The fourth-order valence-electron chi connectivity index (χ4n) is 3.89. The Labute approximate surface area is 99.3 Å². The van der Waals surface area contributed by atoms with E-state index in [2.05, 4.69) is 33.8 Å². The molecule has 0 amide bonds. The molecule has 2 aliphatic rings. The first-order chi connectivity index (χ1) is 7.47. The number of hydrogen-bond donors (Lipinski definition) is 0. The first kappa shape index (κ1) is 11.9. The number of carbonyl (C=O) groups is 1. The maximum Gasteiger partial charge on any atom is 0.145 e. The van der Waals surface area contributed by atoms with Crippen molar-refractivity contribution in [1.29, 1.82) is 0 Å². The van der Waals surface area contributed by atoms with Crippen molar-refractivity contribution < 1.29 is 4.79 Å². The topological polar surface area (TPSA) is 17.1 Å². The molecule has 1 nitrogen and oxygen atoms in total. The van der Waals surface area contributed by atoms with Gasteiger partial charge in [-0.2, -0.15) is 0 Å². The van der Waals surface area contributed by atoms with Crippen molar-refractivity contribution in [2.75, 3.05) is 0 Å². The number of Topliss-reactive ketones (excluding diaryl/α,β-unsaturated/α-hetero) is 1. The molecule has 1 saturated carbocycles. The van der Waals surface area contributed by atoms with E-state index in [4.69, 9.17) is 0 Å². The largest absolute Gasteiger partial charge is 0.298 e. The Kier molecular flexibility index (Phi) is 2.98. The van der Waals surface area contributed by atoms with Crippen molar-refractivity contribution in [2.24, 2.45) is 23.2 Å². The second-order valence-corrected chi connectivity index (χ2v) is 6.21. The molecule has 1 unspecified atom stereocenters. The van der Waals surface area contributed by atoms with Crippen LogP contribution in [0.25, 0.3) is 0 Å². The van der Waals surface area contributed by atoms with E-state index in [-0.39, 0.29) is 11.3 Å². The van der Waals surface area contributed by atoms with E-state index >= 15 is 0 Å². The summed E-state index contributed by atoms with van der Waals surface area (Å²) in [6, 6.07) is 0. The Hall–Kier alpha value is -0.590. The van der Waals surface area contributed by atoms with Crippen LogP contribution in [0.2, 0.25) is 0 Å². The Morgan fingerprint density at radius 3 is 2.75 bits per heavy atom. The highest BCUT2D eigenvalue weighted by molar-refractivity contribution is 5.89. The molecule has 16 heavy (non-hydrogen) atoms. The molecule has 0 bridgehead atoms. The zero-order valence-electron chi connectivity index (χ0n) is 11.0. The maximum absolute atomic E-state index is 12.5. The summed E-state index contributed by atoms with van der Waals surface area (Å²) in [6.45, 7) is 8.62. The summed E-state index contributed by atoms with van der Waals surface area (Å²) in [5, 5.41) is 0. The zero-order valence-corrected chi connectivity index (χ0v) is 11.0. The van der Waals surface area contributed by atoms with Gasteiger partial charge in [-0.05, 0) is 44.4 Å². The minimum atomic E-state index is -0.0874. The van der Waals surface area contributed by atoms with Crippen LogP contribution in [0.15, 0.2) is 11.6 Å². The summed E-state index contributed by atoms with van der Waals surface area (Å²) < 4.78 is 0. The summed E-state index contributed by atoms with van der Waals surface area (Å²) in [4.78, 5) is 12.5. The second-order valence-electron chi connectivity index (χ2n) is 6.21. The molecule has 0 heterocycles. The molecular formula is C15H24O. The van der Waals surface area contributed by atoms with E-state index in [1.807, 2.05) is 0 Å². The third-order valence-corrected chi connectivity index (χ3v) is 4.70. The lowest BCUT2D eigenvalue weighted by Crippen LogP contribution is -2.39. The van der Waals surface area contributed by atoms with Crippen LogP contribution < -0.4 is 0 Å². The number of hydrogen-bond acceptors (Lipinski definition) is 1. The summed E-state index contributed by atoms with van der Waals surface area (Å²) in [5.41, 5.74) is 1.34. The van der Waals surface area contributed by atoms with Crippen molar-refractivity contribution in [2.45, 2.75) is 53.4 Å². The number of ketones is 1. The van der Waals surface area contributed by atoms with Crippen LogP contribution >= 0.6 is 0 Å². The monoisotopic (exact) mass is 220 g/mol.